The number of aryl methyl sites for hydroxylation is 1. The van der Waals surface area contributed by atoms with Crippen LogP contribution in [0.2, 0.25) is 10.0 Å². The predicted octanol–water partition coefficient (Wildman–Crippen LogP) is 6.51. The second-order valence-corrected chi connectivity index (χ2v) is 9.96. The highest BCUT2D eigenvalue weighted by atomic mass is 35.5. The first-order chi connectivity index (χ1) is 18.0. The van der Waals surface area contributed by atoms with Crippen LogP contribution in [-0.4, -0.2) is 49.2 Å². The van der Waals surface area contributed by atoms with Gasteiger partial charge in [0.05, 0.1) is 27.9 Å². The van der Waals surface area contributed by atoms with Gasteiger partial charge in [-0.15, -0.1) is 17.5 Å². The first-order valence-corrected chi connectivity index (χ1v) is 13.2. The zero-order chi connectivity index (χ0) is 26.2. The van der Waals surface area contributed by atoms with E-state index in [0.29, 0.717) is 53.0 Å². The lowest BCUT2D eigenvalue weighted by Gasteiger charge is -2.22. The molecule has 8 nitrogen and oxygen atoms in total. The molecule has 38 heavy (non-hydrogen) atoms. The number of hydrogen-bond acceptors (Lipinski definition) is 5. The van der Waals surface area contributed by atoms with Crippen molar-refractivity contribution in [3.05, 3.63) is 63.6 Å². The Hall–Kier alpha value is -2.49. The molecule has 3 aromatic rings. The molecule has 3 N–H and O–H groups in total. The maximum Gasteiger partial charge on any atom is 0.324 e. The standard InChI is InChI=1S/C27H33Cl2N5O3.ClH/c1-18-25(32-27(35)31-24-15-23(29)22(28)14-20(24)9-7-13-36-2)34(21-10-4-3-5-11-21)33-26(18)37-17-19-8-6-12-30-16-19;/h3-5,10-11,14-15,19,30H,6-9,12-13,16-17H2,1-2H3,(H2,31,32,35);1H/t19-;/m0./s1. The van der Waals surface area contributed by atoms with E-state index in [1.165, 1.54) is 0 Å². The van der Waals surface area contributed by atoms with E-state index in [1.807, 2.05) is 37.3 Å². The molecule has 0 unspecified atom stereocenters. The molecule has 1 aliphatic rings. The van der Waals surface area contributed by atoms with Crippen molar-refractivity contribution in [3.8, 4) is 11.6 Å². The molecule has 2 aromatic carbocycles. The van der Waals surface area contributed by atoms with Crippen LogP contribution in [0.15, 0.2) is 42.5 Å². The molecule has 1 aliphatic heterocycles. The maximum absolute atomic E-state index is 13.2. The molecule has 1 atom stereocenters. The highest BCUT2D eigenvalue weighted by Crippen LogP contribution is 2.32. The van der Waals surface area contributed by atoms with Gasteiger partial charge in [0.15, 0.2) is 0 Å². The Morgan fingerprint density at radius 3 is 2.66 bits per heavy atom. The number of ether oxygens (including phenoxy) is 2. The van der Waals surface area contributed by atoms with E-state index in [4.69, 9.17) is 37.8 Å². The number of rotatable bonds is 10. The summed E-state index contributed by atoms with van der Waals surface area (Å²) in [5.41, 5.74) is 3.02. The third kappa shape index (κ3) is 7.77. The van der Waals surface area contributed by atoms with Crippen molar-refractivity contribution >= 4 is 53.1 Å². The number of amides is 2. The predicted molar refractivity (Wildman–Crippen MR) is 156 cm³/mol. The van der Waals surface area contributed by atoms with Gasteiger partial charge in [-0.05, 0) is 69.0 Å². The van der Waals surface area contributed by atoms with Crippen molar-refractivity contribution in [2.45, 2.75) is 32.6 Å². The van der Waals surface area contributed by atoms with Gasteiger partial charge in [-0.3, -0.25) is 5.32 Å². The summed E-state index contributed by atoms with van der Waals surface area (Å²) in [5.74, 6) is 1.46. The quantitative estimate of drug-likeness (QED) is 0.237. The van der Waals surface area contributed by atoms with E-state index in [2.05, 4.69) is 16.0 Å². The van der Waals surface area contributed by atoms with E-state index < -0.39 is 6.03 Å². The Kier molecular flexibility index (Phi) is 11.6. The normalized spacial score (nSPS) is 15.0. The summed E-state index contributed by atoms with van der Waals surface area (Å²) in [6.07, 6.45) is 3.72. The van der Waals surface area contributed by atoms with Gasteiger partial charge in [0.2, 0.25) is 5.88 Å². The Labute approximate surface area is 239 Å². The summed E-state index contributed by atoms with van der Waals surface area (Å²) in [4.78, 5) is 13.2. The van der Waals surface area contributed by atoms with Crippen molar-refractivity contribution in [1.29, 1.82) is 0 Å². The monoisotopic (exact) mass is 581 g/mol. The maximum atomic E-state index is 13.2. The van der Waals surface area contributed by atoms with E-state index in [-0.39, 0.29) is 12.4 Å². The highest BCUT2D eigenvalue weighted by molar-refractivity contribution is 6.42. The average Bonchev–Trinajstić information content (AvgIpc) is 3.21. The average molecular weight is 583 g/mol. The number of urea groups is 1. The Morgan fingerprint density at radius 1 is 1.18 bits per heavy atom. The molecule has 0 bridgehead atoms. The minimum absolute atomic E-state index is 0. The van der Waals surface area contributed by atoms with E-state index in [0.717, 1.165) is 49.2 Å². The summed E-state index contributed by atoms with van der Waals surface area (Å²) >= 11 is 12.5. The number of halogens is 3. The molecule has 206 valence electrons. The van der Waals surface area contributed by atoms with Crippen LogP contribution in [0.5, 0.6) is 5.88 Å². The third-order valence-electron chi connectivity index (χ3n) is 6.35. The topological polar surface area (TPSA) is 89.4 Å². The molecule has 0 radical (unpaired) electrons. The zero-order valence-corrected chi connectivity index (χ0v) is 23.9. The molecule has 11 heteroatoms. The third-order valence-corrected chi connectivity index (χ3v) is 7.08. The molecule has 1 saturated heterocycles. The van der Waals surface area contributed by atoms with Crippen LogP contribution < -0.4 is 20.7 Å². The van der Waals surface area contributed by atoms with E-state index in [9.17, 15) is 4.79 Å². The lowest BCUT2D eigenvalue weighted by molar-refractivity contribution is 0.195. The number of carbonyl (C=O) groups excluding carboxylic acids is 1. The van der Waals surface area contributed by atoms with Gasteiger partial charge in [0.1, 0.15) is 5.82 Å². The van der Waals surface area contributed by atoms with E-state index in [1.54, 1.807) is 23.9 Å². The van der Waals surface area contributed by atoms with Crippen LogP contribution >= 0.6 is 35.6 Å². The highest BCUT2D eigenvalue weighted by Gasteiger charge is 2.22. The minimum atomic E-state index is -0.422. The minimum Gasteiger partial charge on any atom is -0.476 e. The van der Waals surface area contributed by atoms with Gasteiger partial charge in [-0.2, -0.15) is 0 Å². The summed E-state index contributed by atoms with van der Waals surface area (Å²) in [5, 5.41) is 14.8. The first kappa shape index (κ1) is 30.1. The molecule has 2 amide bonds. The Bertz CT molecular complexity index is 1200. The number of piperidine rings is 1. The number of carbonyl (C=O) groups is 1. The Balaban J connectivity index is 0.00000400. The van der Waals surface area contributed by atoms with Crippen LogP contribution in [-0.2, 0) is 11.2 Å². The van der Waals surface area contributed by atoms with Gasteiger partial charge in [-0.25, -0.2) is 9.48 Å². The molecule has 2 heterocycles. The van der Waals surface area contributed by atoms with Gasteiger partial charge in [0, 0.05) is 31.9 Å². The SMILES string of the molecule is COCCCc1cc(Cl)c(Cl)cc1NC(=O)Nc1c(C)c(OC[C@H]2CCCNC2)nn1-c1ccccc1.Cl. The number of aromatic nitrogens is 2. The number of anilines is 2. The van der Waals surface area contributed by atoms with Crippen molar-refractivity contribution in [2.75, 3.05) is 44.0 Å². The number of hydrogen-bond donors (Lipinski definition) is 3. The number of nitrogens with one attached hydrogen (secondary N) is 3. The summed E-state index contributed by atoms with van der Waals surface area (Å²) < 4.78 is 13.0. The van der Waals surface area contributed by atoms with Crippen molar-refractivity contribution < 1.29 is 14.3 Å². The van der Waals surface area contributed by atoms with Gasteiger partial charge >= 0.3 is 6.03 Å². The summed E-state index contributed by atoms with van der Waals surface area (Å²) in [6.45, 7) is 5.04. The second kappa shape index (κ2) is 14.6. The molecule has 1 fully saturated rings. The van der Waals surface area contributed by atoms with Crippen LogP contribution in [0.25, 0.3) is 5.69 Å². The number of methoxy groups -OCH3 is 1. The number of benzene rings is 2. The summed E-state index contributed by atoms with van der Waals surface area (Å²) in [7, 11) is 1.66. The van der Waals surface area contributed by atoms with Gasteiger partial charge in [0.25, 0.3) is 0 Å². The lowest BCUT2D eigenvalue weighted by atomic mass is 10.0. The second-order valence-electron chi connectivity index (χ2n) is 9.15. The zero-order valence-electron chi connectivity index (χ0n) is 21.6. The fourth-order valence-electron chi connectivity index (χ4n) is 4.36. The first-order valence-electron chi connectivity index (χ1n) is 12.5. The number of nitrogens with zero attached hydrogens (tertiary/aromatic N) is 2. The molecule has 0 aliphatic carbocycles. The molecular formula is C27H34Cl3N5O3. The Morgan fingerprint density at radius 2 is 1.95 bits per heavy atom. The van der Waals surface area contributed by atoms with Crippen molar-refractivity contribution in [3.63, 3.8) is 0 Å². The molecule has 0 saturated carbocycles. The largest absolute Gasteiger partial charge is 0.476 e. The molecule has 1 aromatic heterocycles. The van der Waals surface area contributed by atoms with Crippen LogP contribution in [0.3, 0.4) is 0 Å². The number of para-hydroxylation sites is 1. The lowest BCUT2D eigenvalue weighted by Crippen LogP contribution is -2.33. The molecule has 4 rings (SSSR count). The van der Waals surface area contributed by atoms with Gasteiger partial charge < -0.3 is 20.1 Å². The molecule has 0 spiro atoms. The summed E-state index contributed by atoms with van der Waals surface area (Å²) in [6, 6.07) is 12.7. The smallest absolute Gasteiger partial charge is 0.324 e. The van der Waals surface area contributed by atoms with Crippen molar-refractivity contribution in [2.24, 2.45) is 5.92 Å². The fourth-order valence-corrected chi connectivity index (χ4v) is 4.71. The van der Waals surface area contributed by atoms with Gasteiger partial charge in [-0.1, -0.05) is 41.4 Å². The molecular weight excluding hydrogens is 549 g/mol. The van der Waals surface area contributed by atoms with Crippen LogP contribution in [0, 0.1) is 12.8 Å². The fraction of sp³-hybridized carbons (Fsp3) is 0.407. The van der Waals surface area contributed by atoms with E-state index >= 15 is 0 Å². The van der Waals surface area contributed by atoms with Crippen LogP contribution in [0.4, 0.5) is 16.3 Å². The van der Waals surface area contributed by atoms with Crippen molar-refractivity contribution in [1.82, 2.24) is 15.1 Å². The van der Waals surface area contributed by atoms with Crippen LogP contribution in [0.1, 0.15) is 30.4 Å².